The van der Waals surface area contributed by atoms with E-state index in [4.69, 9.17) is 15.2 Å². The molecule has 0 amide bonds. The molecule has 0 fully saturated rings. The molecule has 0 rings (SSSR count). The van der Waals surface area contributed by atoms with Crippen LogP contribution in [0.25, 0.3) is 0 Å². The van der Waals surface area contributed by atoms with Gasteiger partial charge in [0.25, 0.3) is 0 Å². The lowest BCUT2D eigenvalue weighted by Gasteiger charge is -2.18. The Labute approximate surface area is 87.4 Å². The molecule has 0 aromatic heterocycles. The second-order valence-electron chi connectivity index (χ2n) is 3.70. The lowest BCUT2D eigenvalue weighted by Crippen LogP contribution is -2.34. The van der Waals surface area contributed by atoms with E-state index in [2.05, 4.69) is 11.9 Å². The number of hydrogen-bond donors (Lipinski definition) is 1. The smallest absolute Gasteiger partial charge is 0.0593 e. The number of rotatable bonds is 9. The third kappa shape index (κ3) is 9.92. The summed E-state index contributed by atoms with van der Waals surface area (Å²) in [5.41, 5.74) is 5.66. The van der Waals surface area contributed by atoms with Crippen molar-refractivity contribution >= 4 is 0 Å². The zero-order valence-corrected chi connectivity index (χ0v) is 9.66. The van der Waals surface area contributed by atoms with Gasteiger partial charge in [-0.25, -0.2) is 0 Å². The normalized spacial score (nSPS) is 13.5. The van der Waals surface area contributed by atoms with Crippen molar-refractivity contribution < 1.29 is 9.47 Å². The van der Waals surface area contributed by atoms with Crippen molar-refractivity contribution in [1.82, 2.24) is 4.90 Å². The summed E-state index contributed by atoms with van der Waals surface area (Å²) >= 11 is 0. The van der Waals surface area contributed by atoms with Gasteiger partial charge in [-0.2, -0.15) is 0 Å². The molecular formula is C10H24N2O2. The summed E-state index contributed by atoms with van der Waals surface area (Å²) in [4.78, 5) is 2.18. The molecule has 0 radical (unpaired) electrons. The predicted octanol–water partition coefficient (Wildman–Crippen LogP) is 0.319. The molecule has 1 atom stereocenters. The third-order valence-electron chi connectivity index (χ3n) is 1.85. The maximum absolute atomic E-state index is 5.66. The molecule has 14 heavy (non-hydrogen) atoms. The van der Waals surface area contributed by atoms with Gasteiger partial charge in [0.05, 0.1) is 6.61 Å². The quantitative estimate of drug-likeness (QED) is 0.549. The van der Waals surface area contributed by atoms with Gasteiger partial charge in [-0.15, -0.1) is 0 Å². The molecule has 4 heteroatoms. The van der Waals surface area contributed by atoms with Crippen LogP contribution >= 0.6 is 0 Å². The Hall–Kier alpha value is -0.160. The summed E-state index contributed by atoms with van der Waals surface area (Å²) in [6.07, 6.45) is 0.966. The summed E-state index contributed by atoms with van der Waals surface area (Å²) in [6.45, 7) is 6.19. The summed E-state index contributed by atoms with van der Waals surface area (Å²) in [5.74, 6) is 0. The second-order valence-corrected chi connectivity index (χ2v) is 3.70. The van der Waals surface area contributed by atoms with Crippen molar-refractivity contribution in [2.45, 2.75) is 19.4 Å². The fourth-order valence-electron chi connectivity index (χ4n) is 1.21. The molecule has 0 heterocycles. The SMILES string of the molecule is COCCCOCCN(C)CC(C)N. The largest absolute Gasteiger partial charge is 0.385 e. The summed E-state index contributed by atoms with van der Waals surface area (Å²) < 4.78 is 10.3. The topological polar surface area (TPSA) is 47.7 Å². The number of ether oxygens (including phenoxy) is 2. The molecule has 0 saturated carbocycles. The zero-order valence-electron chi connectivity index (χ0n) is 9.66. The summed E-state index contributed by atoms with van der Waals surface area (Å²) in [7, 11) is 3.76. The zero-order chi connectivity index (χ0) is 10.8. The van der Waals surface area contributed by atoms with Crippen molar-refractivity contribution in [1.29, 1.82) is 0 Å². The van der Waals surface area contributed by atoms with E-state index >= 15 is 0 Å². The first-order chi connectivity index (χ1) is 6.66. The van der Waals surface area contributed by atoms with E-state index in [9.17, 15) is 0 Å². The highest BCUT2D eigenvalue weighted by atomic mass is 16.5. The van der Waals surface area contributed by atoms with E-state index in [1.807, 2.05) is 6.92 Å². The minimum atomic E-state index is 0.230. The van der Waals surface area contributed by atoms with Crippen LogP contribution < -0.4 is 5.73 Å². The van der Waals surface area contributed by atoms with E-state index in [1.54, 1.807) is 7.11 Å². The van der Waals surface area contributed by atoms with Crippen LogP contribution in [0.5, 0.6) is 0 Å². The monoisotopic (exact) mass is 204 g/mol. The lowest BCUT2D eigenvalue weighted by molar-refractivity contribution is 0.0881. The average molecular weight is 204 g/mol. The highest BCUT2D eigenvalue weighted by Crippen LogP contribution is 1.88. The van der Waals surface area contributed by atoms with Gasteiger partial charge in [0.2, 0.25) is 0 Å². The van der Waals surface area contributed by atoms with Gasteiger partial charge in [-0.3, -0.25) is 0 Å². The van der Waals surface area contributed by atoms with Crippen LogP contribution in [-0.2, 0) is 9.47 Å². The Morgan fingerprint density at radius 1 is 1.29 bits per heavy atom. The fourth-order valence-corrected chi connectivity index (χ4v) is 1.21. The molecule has 0 spiro atoms. The van der Waals surface area contributed by atoms with Crippen LogP contribution in [0.4, 0.5) is 0 Å². The molecule has 0 aliphatic rings. The van der Waals surface area contributed by atoms with Gasteiger partial charge in [0, 0.05) is 39.5 Å². The van der Waals surface area contributed by atoms with E-state index in [0.29, 0.717) is 0 Å². The molecule has 2 N–H and O–H groups in total. The van der Waals surface area contributed by atoms with Gasteiger partial charge in [0.1, 0.15) is 0 Å². The molecule has 0 aliphatic carbocycles. The van der Waals surface area contributed by atoms with Crippen LogP contribution in [0, 0.1) is 0 Å². The van der Waals surface area contributed by atoms with Gasteiger partial charge >= 0.3 is 0 Å². The van der Waals surface area contributed by atoms with Crippen LogP contribution in [0.15, 0.2) is 0 Å². The first-order valence-electron chi connectivity index (χ1n) is 5.17. The van der Waals surface area contributed by atoms with Crippen LogP contribution in [0.1, 0.15) is 13.3 Å². The van der Waals surface area contributed by atoms with E-state index in [-0.39, 0.29) is 6.04 Å². The van der Waals surface area contributed by atoms with Crippen molar-refractivity contribution in [3.8, 4) is 0 Å². The Balaban J connectivity index is 3.10. The van der Waals surface area contributed by atoms with E-state index in [1.165, 1.54) is 0 Å². The maximum Gasteiger partial charge on any atom is 0.0593 e. The third-order valence-corrected chi connectivity index (χ3v) is 1.85. The van der Waals surface area contributed by atoms with Crippen molar-refractivity contribution in [3.05, 3.63) is 0 Å². The standard InChI is InChI=1S/C10H24N2O2/c1-10(11)9-12(2)5-8-14-7-4-6-13-3/h10H,4-9,11H2,1-3H3. The molecule has 0 saturated heterocycles. The minimum absolute atomic E-state index is 0.230. The number of hydrogen-bond acceptors (Lipinski definition) is 4. The van der Waals surface area contributed by atoms with Crippen molar-refractivity contribution in [2.24, 2.45) is 5.73 Å². The second kappa shape index (κ2) is 9.40. The minimum Gasteiger partial charge on any atom is -0.385 e. The van der Waals surface area contributed by atoms with Crippen LogP contribution in [0.3, 0.4) is 0 Å². The van der Waals surface area contributed by atoms with Gasteiger partial charge < -0.3 is 20.1 Å². The molecule has 0 aromatic carbocycles. The van der Waals surface area contributed by atoms with Gasteiger partial charge in [-0.05, 0) is 20.4 Å². The Morgan fingerprint density at radius 3 is 2.57 bits per heavy atom. The summed E-state index contributed by atoms with van der Waals surface area (Å²) in [5, 5.41) is 0. The van der Waals surface area contributed by atoms with E-state index in [0.717, 1.165) is 39.3 Å². The Bertz CT molecular complexity index is 121. The van der Waals surface area contributed by atoms with Crippen LogP contribution in [-0.4, -0.2) is 58.0 Å². The van der Waals surface area contributed by atoms with E-state index < -0.39 is 0 Å². The summed E-state index contributed by atoms with van der Waals surface area (Å²) in [6, 6.07) is 0.230. The predicted molar refractivity (Wildman–Crippen MR) is 58.5 cm³/mol. The van der Waals surface area contributed by atoms with Crippen molar-refractivity contribution in [3.63, 3.8) is 0 Å². The average Bonchev–Trinajstić information content (AvgIpc) is 2.10. The highest BCUT2D eigenvalue weighted by molar-refractivity contribution is 4.59. The Kier molecular flexibility index (Phi) is 9.29. The Morgan fingerprint density at radius 2 is 2.00 bits per heavy atom. The number of nitrogens with zero attached hydrogens (tertiary/aromatic N) is 1. The molecule has 0 aromatic rings. The highest BCUT2D eigenvalue weighted by Gasteiger charge is 2.00. The molecular weight excluding hydrogens is 180 g/mol. The molecule has 86 valence electrons. The number of likely N-dealkylation sites (N-methyl/N-ethyl adjacent to an activating group) is 1. The molecule has 4 nitrogen and oxygen atoms in total. The van der Waals surface area contributed by atoms with Crippen molar-refractivity contribution in [2.75, 3.05) is 47.1 Å². The molecule has 0 aliphatic heterocycles. The van der Waals surface area contributed by atoms with Gasteiger partial charge in [-0.1, -0.05) is 0 Å². The lowest BCUT2D eigenvalue weighted by atomic mass is 10.3. The molecule has 0 bridgehead atoms. The maximum atomic E-state index is 5.66. The first-order valence-corrected chi connectivity index (χ1v) is 5.17. The number of nitrogens with two attached hydrogens (primary N) is 1. The first kappa shape index (κ1) is 13.8. The fraction of sp³-hybridized carbons (Fsp3) is 1.00. The number of methoxy groups -OCH3 is 1. The molecule has 1 unspecified atom stereocenters. The van der Waals surface area contributed by atoms with Crippen LogP contribution in [0.2, 0.25) is 0 Å². The van der Waals surface area contributed by atoms with Gasteiger partial charge in [0.15, 0.2) is 0 Å².